The second-order valence-corrected chi connectivity index (χ2v) is 11.0. The summed E-state index contributed by atoms with van der Waals surface area (Å²) in [5, 5.41) is 11.5. The van der Waals surface area contributed by atoms with Crippen LogP contribution in [0.15, 0.2) is 36.4 Å². The molecule has 35 heavy (non-hydrogen) atoms. The molecule has 3 aromatic rings. The van der Waals surface area contributed by atoms with E-state index in [9.17, 15) is 5.11 Å². The highest BCUT2D eigenvalue weighted by Crippen LogP contribution is 2.27. The highest BCUT2D eigenvalue weighted by Gasteiger charge is 2.19. The highest BCUT2D eigenvalue weighted by atomic mass is 32.1. The molecule has 1 aromatic heterocycles. The van der Waals surface area contributed by atoms with Crippen molar-refractivity contribution in [1.82, 2.24) is 14.8 Å². The fraction of sp³-hybridized carbons (Fsp3) is 0.536. The standard InChI is InChI=1S/C28H37N3O3S/c1-21-29-27-18-26(9-10-28(27)35-21)34-20-24(32)19-31-14-12-30(13-15-31)11-2-3-16-33-25-8-7-22-5-4-6-23(22)17-25/h7-10,17-18,24,32H,2-6,11-16,19-20H2,1H3. The number of benzene rings is 2. The summed E-state index contributed by atoms with van der Waals surface area (Å²) < 4.78 is 13.0. The van der Waals surface area contributed by atoms with Crippen LogP contribution in [0.5, 0.6) is 11.5 Å². The number of hydrogen-bond acceptors (Lipinski definition) is 7. The van der Waals surface area contributed by atoms with E-state index in [0.29, 0.717) is 13.2 Å². The second kappa shape index (κ2) is 11.7. The molecule has 1 aliphatic carbocycles. The monoisotopic (exact) mass is 495 g/mol. The zero-order valence-corrected chi connectivity index (χ0v) is 21.6. The number of β-amino-alcohol motifs (C(OH)–C–C–N with tert-alkyl or cyclic N) is 1. The smallest absolute Gasteiger partial charge is 0.121 e. The van der Waals surface area contributed by atoms with Crippen LogP contribution in [0.25, 0.3) is 10.2 Å². The number of aliphatic hydroxyl groups is 1. The number of piperazine rings is 1. The minimum atomic E-state index is -0.495. The van der Waals surface area contributed by atoms with Crippen LogP contribution in [0.4, 0.5) is 0 Å². The lowest BCUT2D eigenvalue weighted by atomic mass is 10.1. The van der Waals surface area contributed by atoms with Gasteiger partial charge in [-0.3, -0.25) is 4.90 Å². The van der Waals surface area contributed by atoms with E-state index in [-0.39, 0.29) is 0 Å². The summed E-state index contributed by atoms with van der Waals surface area (Å²) in [4.78, 5) is 9.38. The van der Waals surface area contributed by atoms with Gasteiger partial charge in [0.1, 0.15) is 24.2 Å². The van der Waals surface area contributed by atoms with E-state index in [4.69, 9.17) is 9.47 Å². The van der Waals surface area contributed by atoms with Crippen molar-refractivity contribution in [3.63, 3.8) is 0 Å². The van der Waals surface area contributed by atoms with Crippen LogP contribution >= 0.6 is 11.3 Å². The maximum absolute atomic E-state index is 10.5. The van der Waals surface area contributed by atoms with Gasteiger partial charge in [0.05, 0.1) is 21.8 Å². The average molecular weight is 496 g/mol. The Bertz CT molecular complexity index is 1110. The molecule has 1 saturated heterocycles. The van der Waals surface area contributed by atoms with Crippen molar-refractivity contribution in [3.05, 3.63) is 52.5 Å². The van der Waals surface area contributed by atoms with E-state index < -0.39 is 6.10 Å². The highest BCUT2D eigenvalue weighted by molar-refractivity contribution is 7.18. The molecule has 0 spiro atoms. The van der Waals surface area contributed by atoms with Crippen LogP contribution in [-0.2, 0) is 12.8 Å². The Balaban J connectivity index is 0.939. The number of ether oxygens (including phenoxy) is 2. The molecule has 1 unspecified atom stereocenters. The molecule has 7 heteroatoms. The van der Waals surface area contributed by atoms with Gasteiger partial charge in [-0.2, -0.15) is 0 Å². The predicted molar refractivity (Wildman–Crippen MR) is 142 cm³/mol. The fourth-order valence-electron chi connectivity index (χ4n) is 5.12. The first-order chi connectivity index (χ1) is 17.1. The largest absolute Gasteiger partial charge is 0.494 e. The molecule has 5 rings (SSSR count). The van der Waals surface area contributed by atoms with Crippen molar-refractivity contribution in [1.29, 1.82) is 0 Å². The van der Waals surface area contributed by atoms with Gasteiger partial charge < -0.3 is 19.5 Å². The number of aromatic nitrogens is 1. The molecule has 2 heterocycles. The first kappa shape index (κ1) is 24.5. The van der Waals surface area contributed by atoms with Gasteiger partial charge in [0.25, 0.3) is 0 Å². The van der Waals surface area contributed by atoms with Gasteiger partial charge in [-0.15, -0.1) is 11.3 Å². The van der Waals surface area contributed by atoms with Crippen molar-refractivity contribution in [3.8, 4) is 11.5 Å². The summed E-state index contributed by atoms with van der Waals surface area (Å²) in [5.74, 6) is 1.80. The molecule has 0 bridgehead atoms. The minimum Gasteiger partial charge on any atom is -0.494 e. The van der Waals surface area contributed by atoms with Crippen molar-refractivity contribution in [2.24, 2.45) is 0 Å². The zero-order chi connectivity index (χ0) is 24.0. The van der Waals surface area contributed by atoms with Gasteiger partial charge in [0, 0.05) is 38.8 Å². The Morgan fingerprint density at radius 1 is 0.943 bits per heavy atom. The molecule has 1 N–H and O–H groups in total. The number of nitrogens with zero attached hydrogens (tertiary/aromatic N) is 3. The predicted octanol–water partition coefficient (Wildman–Crippen LogP) is 4.31. The molecular formula is C28H37N3O3S. The van der Waals surface area contributed by atoms with Crippen molar-refractivity contribution < 1.29 is 14.6 Å². The number of thiazole rings is 1. The molecule has 188 valence electrons. The summed E-state index contributed by atoms with van der Waals surface area (Å²) >= 11 is 1.69. The average Bonchev–Trinajstić information content (AvgIpc) is 3.48. The number of unbranched alkanes of at least 4 members (excludes halogenated alkanes) is 1. The van der Waals surface area contributed by atoms with Crippen LogP contribution in [0, 0.1) is 6.92 Å². The Morgan fingerprint density at radius 3 is 2.60 bits per heavy atom. The first-order valence-corrected chi connectivity index (χ1v) is 13.8. The van der Waals surface area contributed by atoms with Crippen LogP contribution in [-0.4, -0.2) is 78.5 Å². The number of rotatable bonds is 11. The van der Waals surface area contributed by atoms with Crippen LogP contribution in [0.2, 0.25) is 0 Å². The van der Waals surface area contributed by atoms with Crippen molar-refractivity contribution in [2.75, 3.05) is 52.5 Å². The number of hydrogen-bond donors (Lipinski definition) is 1. The van der Waals surface area contributed by atoms with Gasteiger partial charge in [-0.1, -0.05) is 6.07 Å². The van der Waals surface area contributed by atoms with Gasteiger partial charge in [-0.25, -0.2) is 4.98 Å². The molecule has 1 atom stereocenters. The van der Waals surface area contributed by atoms with Crippen molar-refractivity contribution in [2.45, 2.75) is 45.1 Å². The number of aryl methyl sites for hydroxylation is 3. The van der Waals surface area contributed by atoms with Gasteiger partial charge in [0.15, 0.2) is 0 Å². The Kier molecular flexibility index (Phi) is 8.19. The van der Waals surface area contributed by atoms with Gasteiger partial charge in [-0.05, 0) is 81.0 Å². The van der Waals surface area contributed by atoms with Crippen LogP contribution in [0.1, 0.15) is 35.4 Å². The number of fused-ring (bicyclic) bond motifs is 2. The normalized spacial score (nSPS) is 17.5. The third-order valence-electron chi connectivity index (χ3n) is 7.05. The first-order valence-electron chi connectivity index (χ1n) is 13.0. The lowest BCUT2D eigenvalue weighted by Gasteiger charge is -2.35. The summed E-state index contributed by atoms with van der Waals surface area (Å²) in [6.45, 7) is 8.97. The van der Waals surface area contributed by atoms with Crippen LogP contribution in [0.3, 0.4) is 0 Å². The Labute approximate surface area is 212 Å². The lowest BCUT2D eigenvalue weighted by molar-refractivity contribution is 0.0456. The summed E-state index contributed by atoms with van der Waals surface area (Å²) in [6.07, 6.45) is 5.45. The van der Waals surface area contributed by atoms with E-state index in [0.717, 1.165) is 74.2 Å². The van der Waals surface area contributed by atoms with E-state index in [1.165, 1.54) is 35.1 Å². The molecule has 1 fully saturated rings. The molecule has 2 aromatic carbocycles. The molecule has 2 aliphatic rings. The molecule has 0 radical (unpaired) electrons. The molecule has 0 saturated carbocycles. The molecule has 6 nitrogen and oxygen atoms in total. The molecule has 0 amide bonds. The maximum atomic E-state index is 10.5. The zero-order valence-electron chi connectivity index (χ0n) is 20.7. The molecular weight excluding hydrogens is 458 g/mol. The maximum Gasteiger partial charge on any atom is 0.121 e. The van der Waals surface area contributed by atoms with E-state index in [1.54, 1.807) is 11.3 Å². The SMILES string of the molecule is Cc1nc2cc(OCC(O)CN3CCN(CCCCOc4ccc5c(c4)CCC5)CC3)ccc2s1. The van der Waals surface area contributed by atoms with E-state index in [2.05, 4.69) is 33.0 Å². The summed E-state index contributed by atoms with van der Waals surface area (Å²) in [6, 6.07) is 12.6. The fourth-order valence-corrected chi connectivity index (χ4v) is 5.92. The molecule has 1 aliphatic heterocycles. The Hall–Kier alpha value is -2.19. The topological polar surface area (TPSA) is 58.1 Å². The third kappa shape index (κ3) is 6.73. The lowest BCUT2D eigenvalue weighted by Crippen LogP contribution is -2.49. The summed E-state index contributed by atoms with van der Waals surface area (Å²) in [7, 11) is 0. The Morgan fingerprint density at radius 2 is 1.71 bits per heavy atom. The van der Waals surface area contributed by atoms with Crippen molar-refractivity contribution >= 4 is 21.6 Å². The van der Waals surface area contributed by atoms with E-state index in [1.807, 2.05) is 25.1 Å². The van der Waals surface area contributed by atoms with Gasteiger partial charge >= 0.3 is 0 Å². The van der Waals surface area contributed by atoms with E-state index >= 15 is 0 Å². The van der Waals surface area contributed by atoms with Crippen LogP contribution < -0.4 is 9.47 Å². The second-order valence-electron chi connectivity index (χ2n) is 9.81. The van der Waals surface area contributed by atoms with Gasteiger partial charge in [0.2, 0.25) is 0 Å². The third-order valence-corrected chi connectivity index (χ3v) is 8.00. The summed E-state index contributed by atoms with van der Waals surface area (Å²) in [5.41, 5.74) is 3.94. The number of aliphatic hydroxyl groups excluding tert-OH is 1. The quantitative estimate of drug-likeness (QED) is 0.400. The minimum absolute atomic E-state index is 0.305.